The van der Waals surface area contributed by atoms with Crippen LogP contribution >= 0.6 is 0 Å². The van der Waals surface area contributed by atoms with E-state index in [0.29, 0.717) is 17.4 Å². The number of anilines is 1. The lowest BCUT2D eigenvalue weighted by Gasteiger charge is -2.14. The SMILES string of the molecule is CC(C)c1cc(CNc2ncc(C=O)cn2)cc(OC(F)(F)F)c1. The van der Waals surface area contributed by atoms with Gasteiger partial charge in [0.15, 0.2) is 6.29 Å². The van der Waals surface area contributed by atoms with E-state index in [0.717, 1.165) is 5.56 Å². The molecule has 0 saturated heterocycles. The molecule has 0 aliphatic heterocycles. The number of aromatic nitrogens is 2. The highest BCUT2D eigenvalue weighted by Gasteiger charge is 2.31. The predicted octanol–water partition coefficient (Wildman–Crippen LogP) is 3.92. The van der Waals surface area contributed by atoms with Crippen molar-refractivity contribution in [3.05, 3.63) is 47.3 Å². The van der Waals surface area contributed by atoms with E-state index in [9.17, 15) is 18.0 Å². The first-order chi connectivity index (χ1) is 11.3. The lowest BCUT2D eigenvalue weighted by molar-refractivity contribution is -0.274. The smallest absolute Gasteiger partial charge is 0.406 e. The van der Waals surface area contributed by atoms with Gasteiger partial charge in [0.25, 0.3) is 0 Å². The van der Waals surface area contributed by atoms with Gasteiger partial charge in [-0.15, -0.1) is 13.2 Å². The molecule has 0 fully saturated rings. The van der Waals surface area contributed by atoms with Gasteiger partial charge in [0, 0.05) is 18.9 Å². The number of nitrogens with zero attached hydrogens (tertiary/aromatic N) is 2. The zero-order valence-corrected chi connectivity index (χ0v) is 13.1. The summed E-state index contributed by atoms with van der Waals surface area (Å²) in [5.74, 6) is 0.0558. The Morgan fingerprint density at radius 1 is 1.21 bits per heavy atom. The molecule has 0 radical (unpaired) electrons. The maximum Gasteiger partial charge on any atom is 0.573 e. The third-order valence-electron chi connectivity index (χ3n) is 3.15. The standard InChI is InChI=1S/C16H16F3N3O2/c1-10(2)13-3-11(4-14(5-13)24-16(17,18)19)6-20-15-21-7-12(9-23)8-22-15/h3-5,7-10H,6H2,1-2H3,(H,20,21,22). The molecule has 1 N–H and O–H groups in total. The Bertz CT molecular complexity index is 701. The number of aldehydes is 1. The minimum atomic E-state index is -4.74. The number of carbonyl (C=O) groups excluding carboxylic acids is 1. The van der Waals surface area contributed by atoms with Gasteiger partial charge < -0.3 is 10.1 Å². The normalized spacial score (nSPS) is 11.4. The van der Waals surface area contributed by atoms with Gasteiger partial charge in [-0.1, -0.05) is 19.9 Å². The zero-order valence-electron chi connectivity index (χ0n) is 13.1. The monoisotopic (exact) mass is 339 g/mol. The second kappa shape index (κ2) is 7.29. The topological polar surface area (TPSA) is 64.1 Å². The number of alkyl halides is 3. The molecule has 8 heteroatoms. The Hall–Kier alpha value is -2.64. The predicted molar refractivity (Wildman–Crippen MR) is 82.0 cm³/mol. The van der Waals surface area contributed by atoms with Crippen LogP contribution in [0.1, 0.15) is 41.3 Å². The number of benzene rings is 1. The molecule has 0 bridgehead atoms. The third-order valence-corrected chi connectivity index (χ3v) is 3.15. The molecule has 0 aliphatic rings. The summed E-state index contributed by atoms with van der Waals surface area (Å²) in [6.07, 6.45) is -1.42. The Labute approximate surface area is 136 Å². The highest BCUT2D eigenvalue weighted by atomic mass is 19.4. The van der Waals surface area contributed by atoms with E-state index in [4.69, 9.17) is 0 Å². The third kappa shape index (κ3) is 5.22. The fraction of sp³-hybridized carbons (Fsp3) is 0.312. The van der Waals surface area contributed by atoms with Crippen molar-refractivity contribution in [1.29, 1.82) is 0 Å². The molecule has 1 heterocycles. The molecule has 128 valence electrons. The van der Waals surface area contributed by atoms with Crippen LogP contribution in [0.3, 0.4) is 0 Å². The molecule has 0 amide bonds. The summed E-state index contributed by atoms with van der Waals surface area (Å²) in [5, 5.41) is 2.89. The average molecular weight is 339 g/mol. The second-order valence-electron chi connectivity index (χ2n) is 5.42. The van der Waals surface area contributed by atoms with E-state index < -0.39 is 6.36 Å². The first-order valence-corrected chi connectivity index (χ1v) is 7.17. The van der Waals surface area contributed by atoms with Crippen LogP contribution in [-0.2, 0) is 6.54 Å². The van der Waals surface area contributed by atoms with Gasteiger partial charge in [-0.25, -0.2) is 9.97 Å². The van der Waals surface area contributed by atoms with Crippen molar-refractivity contribution in [3.8, 4) is 5.75 Å². The van der Waals surface area contributed by atoms with Crippen molar-refractivity contribution < 1.29 is 22.7 Å². The van der Waals surface area contributed by atoms with Crippen molar-refractivity contribution in [1.82, 2.24) is 9.97 Å². The molecule has 1 aromatic heterocycles. The molecule has 0 unspecified atom stereocenters. The molecule has 0 spiro atoms. The lowest BCUT2D eigenvalue weighted by atomic mass is 10.0. The van der Waals surface area contributed by atoms with E-state index in [-0.39, 0.29) is 24.2 Å². The van der Waals surface area contributed by atoms with Crippen LogP contribution in [0.5, 0.6) is 5.75 Å². The highest BCUT2D eigenvalue weighted by molar-refractivity contribution is 5.73. The van der Waals surface area contributed by atoms with Crippen molar-refractivity contribution in [2.24, 2.45) is 0 Å². The summed E-state index contributed by atoms with van der Waals surface area (Å²) in [6.45, 7) is 3.98. The summed E-state index contributed by atoms with van der Waals surface area (Å²) in [4.78, 5) is 18.4. The largest absolute Gasteiger partial charge is 0.573 e. The lowest BCUT2D eigenvalue weighted by Crippen LogP contribution is -2.17. The number of carbonyl (C=O) groups is 1. The minimum Gasteiger partial charge on any atom is -0.406 e. The quantitative estimate of drug-likeness (QED) is 0.808. The number of halogens is 3. The summed E-state index contributed by atoms with van der Waals surface area (Å²) >= 11 is 0. The van der Waals surface area contributed by atoms with Gasteiger partial charge in [-0.3, -0.25) is 4.79 Å². The van der Waals surface area contributed by atoms with Crippen LogP contribution in [0.25, 0.3) is 0 Å². The van der Waals surface area contributed by atoms with Crippen molar-refractivity contribution in [3.63, 3.8) is 0 Å². The van der Waals surface area contributed by atoms with Crippen LogP contribution in [0.15, 0.2) is 30.6 Å². The minimum absolute atomic E-state index is 0.0451. The van der Waals surface area contributed by atoms with Crippen LogP contribution in [0, 0.1) is 0 Å². The van der Waals surface area contributed by atoms with E-state index in [1.54, 1.807) is 6.07 Å². The molecule has 2 aromatic rings. The Morgan fingerprint density at radius 3 is 2.42 bits per heavy atom. The van der Waals surface area contributed by atoms with E-state index >= 15 is 0 Å². The zero-order chi connectivity index (χ0) is 17.7. The summed E-state index contributed by atoms with van der Waals surface area (Å²) < 4.78 is 41.3. The average Bonchev–Trinajstić information content (AvgIpc) is 2.51. The Morgan fingerprint density at radius 2 is 1.88 bits per heavy atom. The maximum absolute atomic E-state index is 12.4. The summed E-state index contributed by atoms with van der Waals surface area (Å²) in [7, 11) is 0. The van der Waals surface area contributed by atoms with Gasteiger partial charge in [0.2, 0.25) is 5.95 Å². The summed E-state index contributed by atoms with van der Waals surface area (Å²) in [5.41, 5.74) is 1.66. The van der Waals surface area contributed by atoms with E-state index in [1.807, 2.05) is 13.8 Å². The molecule has 1 aromatic carbocycles. The number of hydrogen-bond acceptors (Lipinski definition) is 5. The molecule has 0 saturated carbocycles. The Balaban J connectivity index is 2.16. The van der Waals surface area contributed by atoms with Gasteiger partial charge in [-0.05, 0) is 29.2 Å². The number of rotatable bonds is 6. The fourth-order valence-corrected chi connectivity index (χ4v) is 1.99. The van der Waals surface area contributed by atoms with Gasteiger partial charge in [-0.2, -0.15) is 0 Å². The van der Waals surface area contributed by atoms with Crippen molar-refractivity contribution in [2.45, 2.75) is 32.7 Å². The number of ether oxygens (including phenoxy) is 1. The molecule has 24 heavy (non-hydrogen) atoms. The fourth-order valence-electron chi connectivity index (χ4n) is 1.99. The Kier molecular flexibility index (Phi) is 5.38. The van der Waals surface area contributed by atoms with Gasteiger partial charge >= 0.3 is 6.36 Å². The first kappa shape index (κ1) is 17.7. The van der Waals surface area contributed by atoms with Crippen molar-refractivity contribution >= 4 is 12.2 Å². The van der Waals surface area contributed by atoms with Gasteiger partial charge in [0.1, 0.15) is 5.75 Å². The molecular weight excluding hydrogens is 323 g/mol. The number of hydrogen-bond donors (Lipinski definition) is 1. The summed E-state index contributed by atoms with van der Waals surface area (Å²) in [6, 6.07) is 4.48. The number of nitrogens with one attached hydrogen (secondary N) is 1. The first-order valence-electron chi connectivity index (χ1n) is 7.17. The van der Waals surface area contributed by atoms with E-state index in [2.05, 4.69) is 20.0 Å². The highest BCUT2D eigenvalue weighted by Crippen LogP contribution is 2.28. The van der Waals surface area contributed by atoms with Crippen molar-refractivity contribution in [2.75, 3.05) is 5.32 Å². The molecule has 0 atom stereocenters. The molecule has 5 nitrogen and oxygen atoms in total. The van der Waals surface area contributed by atoms with Gasteiger partial charge in [0.05, 0.1) is 5.56 Å². The molecular formula is C16H16F3N3O2. The van der Waals surface area contributed by atoms with Crippen LogP contribution in [0.2, 0.25) is 0 Å². The molecule has 2 rings (SSSR count). The van der Waals surface area contributed by atoms with Crippen LogP contribution in [0.4, 0.5) is 19.1 Å². The maximum atomic E-state index is 12.4. The van der Waals surface area contributed by atoms with Crippen LogP contribution in [-0.4, -0.2) is 22.6 Å². The van der Waals surface area contributed by atoms with E-state index in [1.165, 1.54) is 24.5 Å². The second-order valence-corrected chi connectivity index (χ2v) is 5.42. The van der Waals surface area contributed by atoms with Crippen LogP contribution < -0.4 is 10.1 Å². The molecule has 0 aliphatic carbocycles.